The molecule has 6 heteroatoms. The molecule has 0 radical (unpaired) electrons. The lowest BCUT2D eigenvalue weighted by atomic mass is 9.98. The van der Waals surface area contributed by atoms with E-state index in [-0.39, 0.29) is 31.7 Å². The Kier molecular flexibility index (Phi) is 5.30. The molecule has 0 saturated carbocycles. The molecule has 1 aliphatic carbocycles. The predicted octanol–water partition coefficient (Wildman–Crippen LogP) is 2.25. The van der Waals surface area contributed by atoms with E-state index >= 15 is 0 Å². The molecule has 0 atom stereocenters. The molecule has 130 valence electrons. The van der Waals surface area contributed by atoms with E-state index in [4.69, 9.17) is 9.47 Å². The molecule has 2 aromatic rings. The first-order valence-electron chi connectivity index (χ1n) is 8.05. The minimum Gasteiger partial charge on any atom is -0.449 e. The van der Waals surface area contributed by atoms with Crippen molar-refractivity contribution in [3.8, 4) is 11.1 Å². The second-order valence-corrected chi connectivity index (χ2v) is 5.71. The van der Waals surface area contributed by atoms with Gasteiger partial charge in [-0.2, -0.15) is 0 Å². The Morgan fingerprint density at radius 3 is 2.16 bits per heavy atom. The van der Waals surface area contributed by atoms with Gasteiger partial charge in [0.15, 0.2) is 0 Å². The third-order valence-electron chi connectivity index (χ3n) is 4.15. The van der Waals surface area contributed by atoms with Crippen LogP contribution in [0.1, 0.15) is 17.0 Å². The predicted molar refractivity (Wildman–Crippen MR) is 93.1 cm³/mol. The molecular weight excluding hydrogens is 320 g/mol. The summed E-state index contributed by atoms with van der Waals surface area (Å²) < 4.78 is 10.1. The van der Waals surface area contributed by atoms with Crippen LogP contribution in [-0.4, -0.2) is 39.0 Å². The van der Waals surface area contributed by atoms with Gasteiger partial charge in [-0.05, 0) is 22.3 Å². The van der Waals surface area contributed by atoms with E-state index in [9.17, 15) is 9.59 Å². The average Bonchev–Trinajstić information content (AvgIpc) is 2.97. The van der Waals surface area contributed by atoms with E-state index in [0.29, 0.717) is 0 Å². The molecule has 0 fully saturated rings. The molecule has 25 heavy (non-hydrogen) atoms. The summed E-state index contributed by atoms with van der Waals surface area (Å²) in [6.45, 7) is 0.171. The molecule has 0 heterocycles. The van der Waals surface area contributed by atoms with Crippen LogP contribution in [-0.2, 0) is 14.3 Å². The quantitative estimate of drug-likeness (QED) is 0.791. The topological polar surface area (TPSA) is 76.7 Å². The smallest absolute Gasteiger partial charge is 0.407 e. The fourth-order valence-electron chi connectivity index (χ4n) is 3.02. The number of alkyl carbamates (subject to hydrolysis) is 1. The van der Waals surface area contributed by atoms with Gasteiger partial charge >= 0.3 is 6.09 Å². The molecule has 0 unspecified atom stereocenters. The van der Waals surface area contributed by atoms with Crippen LogP contribution in [0.15, 0.2) is 48.5 Å². The Morgan fingerprint density at radius 2 is 1.56 bits per heavy atom. The summed E-state index contributed by atoms with van der Waals surface area (Å²) in [5.74, 6) is -0.337. The molecule has 0 aliphatic heterocycles. The highest BCUT2D eigenvalue weighted by Crippen LogP contribution is 2.44. The van der Waals surface area contributed by atoms with Gasteiger partial charge in [0.1, 0.15) is 19.9 Å². The van der Waals surface area contributed by atoms with Crippen molar-refractivity contribution in [3.63, 3.8) is 0 Å². The van der Waals surface area contributed by atoms with Crippen molar-refractivity contribution >= 4 is 12.0 Å². The number of fused-ring (bicyclic) bond motifs is 3. The molecule has 2 amide bonds. The van der Waals surface area contributed by atoms with Gasteiger partial charge in [-0.15, -0.1) is 0 Å². The highest BCUT2D eigenvalue weighted by Gasteiger charge is 2.28. The number of nitrogens with one attached hydrogen (secondary N) is 2. The van der Waals surface area contributed by atoms with E-state index in [1.807, 2.05) is 24.3 Å². The van der Waals surface area contributed by atoms with Crippen LogP contribution < -0.4 is 10.6 Å². The molecular formula is C19H20N2O4. The van der Waals surface area contributed by atoms with Gasteiger partial charge in [0, 0.05) is 13.0 Å². The Balaban J connectivity index is 1.60. The van der Waals surface area contributed by atoms with Gasteiger partial charge in [-0.1, -0.05) is 48.5 Å². The maximum Gasteiger partial charge on any atom is 0.407 e. The number of rotatable bonds is 6. The van der Waals surface area contributed by atoms with E-state index in [0.717, 1.165) is 11.1 Å². The molecule has 6 nitrogen and oxygen atoms in total. The first-order chi connectivity index (χ1) is 12.2. The lowest BCUT2D eigenvalue weighted by Crippen LogP contribution is -2.38. The molecule has 2 N–H and O–H groups in total. The Bertz CT molecular complexity index is 730. The molecule has 0 bridgehead atoms. The summed E-state index contributed by atoms with van der Waals surface area (Å²) in [7, 11) is 1.47. The second-order valence-electron chi connectivity index (χ2n) is 5.71. The van der Waals surface area contributed by atoms with Crippen LogP contribution >= 0.6 is 0 Å². The number of amides is 2. The zero-order chi connectivity index (χ0) is 17.6. The Labute approximate surface area is 146 Å². The number of benzene rings is 2. The van der Waals surface area contributed by atoms with Gasteiger partial charge in [0.05, 0.1) is 0 Å². The van der Waals surface area contributed by atoms with Crippen molar-refractivity contribution in [1.29, 1.82) is 0 Å². The van der Waals surface area contributed by atoms with Crippen LogP contribution in [0.25, 0.3) is 11.1 Å². The fourth-order valence-corrected chi connectivity index (χ4v) is 3.02. The van der Waals surface area contributed by atoms with E-state index in [1.165, 1.54) is 18.2 Å². The number of carbonyl (C=O) groups is 2. The molecule has 0 saturated heterocycles. The van der Waals surface area contributed by atoms with E-state index in [2.05, 4.69) is 34.9 Å². The molecule has 2 aromatic carbocycles. The Morgan fingerprint density at radius 1 is 0.960 bits per heavy atom. The lowest BCUT2D eigenvalue weighted by molar-refractivity contribution is -0.121. The normalized spacial score (nSPS) is 12.2. The van der Waals surface area contributed by atoms with Crippen LogP contribution in [0, 0.1) is 0 Å². The average molecular weight is 340 g/mol. The van der Waals surface area contributed by atoms with Crippen LogP contribution in [0.5, 0.6) is 0 Å². The van der Waals surface area contributed by atoms with Crippen LogP contribution in [0.4, 0.5) is 4.79 Å². The third kappa shape index (κ3) is 3.80. The number of ether oxygens (including phenoxy) is 2. The molecule has 3 rings (SSSR count). The van der Waals surface area contributed by atoms with Crippen molar-refractivity contribution in [1.82, 2.24) is 10.6 Å². The molecule has 1 aliphatic rings. The number of hydrogen-bond acceptors (Lipinski definition) is 4. The number of hydrogen-bond donors (Lipinski definition) is 2. The fraction of sp³-hybridized carbons (Fsp3) is 0.263. The van der Waals surface area contributed by atoms with Crippen molar-refractivity contribution in [2.45, 2.75) is 5.92 Å². The van der Waals surface area contributed by atoms with Gasteiger partial charge in [-0.25, -0.2) is 4.79 Å². The van der Waals surface area contributed by atoms with Crippen molar-refractivity contribution in [3.05, 3.63) is 59.7 Å². The van der Waals surface area contributed by atoms with E-state index < -0.39 is 6.09 Å². The standard InChI is InChI=1S/C19H20N2O4/c1-24-12-21-18(22)10-20-19(23)25-11-17-15-8-4-2-6-13(15)14-7-3-5-9-16(14)17/h2-9,17H,10-12H2,1H3,(H,20,23)(H,21,22). The highest BCUT2D eigenvalue weighted by molar-refractivity contribution is 5.82. The van der Waals surface area contributed by atoms with Crippen molar-refractivity contribution in [2.24, 2.45) is 0 Å². The zero-order valence-corrected chi connectivity index (χ0v) is 14.0. The third-order valence-corrected chi connectivity index (χ3v) is 4.15. The first-order valence-corrected chi connectivity index (χ1v) is 8.05. The Hall–Kier alpha value is -2.86. The zero-order valence-electron chi connectivity index (χ0n) is 14.0. The lowest BCUT2D eigenvalue weighted by Gasteiger charge is -2.14. The maximum atomic E-state index is 11.9. The largest absolute Gasteiger partial charge is 0.449 e. The van der Waals surface area contributed by atoms with Gasteiger partial charge in [0.2, 0.25) is 5.91 Å². The van der Waals surface area contributed by atoms with Gasteiger partial charge in [0.25, 0.3) is 0 Å². The van der Waals surface area contributed by atoms with Crippen molar-refractivity contribution in [2.75, 3.05) is 27.0 Å². The van der Waals surface area contributed by atoms with Crippen molar-refractivity contribution < 1.29 is 19.1 Å². The molecule has 0 aromatic heterocycles. The monoisotopic (exact) mass is 340 g/mol. The highest BCUT2D eigenvalue weighted by atomic mass is 16.5. The SMILES string of the molecule is COCNC(=O)CNC(=O)OCC1c2ccccc2-c2ccccc21. The van der Waals surface area contributed by atoms with Crippen LogP contribution in [0.3, 0.4) is 0 Å². The minimum atomic E-state index is -0.616. The number of methoxy groups -OCH3 is 1. The summed E-state index contributed by atoms with van der Waals surface area (Å²) in [5.41, 5.74) is 4.64. The summed E-state index contributed by atoms with van der Waals surface area (Å²) in [6, 6.07) is 16.2. The summed E-state index contributed by atoms with van der Waals surface area (Å²) in [5, 5.41) is 4.91. The summed E-state index contributed by atoms with van der Waals surface area (Å²) in [4.78, 5) is 23.3. The van der Waals surface area contributed by atoms with Gasteiger partial charge < -0.3 is 20.1 Å². The van der Waals surface area contributed by atoms with Gasteiger partial charge in [-0.3, -0.25) is 4.79 Å². The second kappa shape index (κ2) is 7.81. The number of carbonyl (C=O) groups excluding carboxylic acids is 2. The minimum absolute atomic E-state index is 0.000433. The maximum absolute atomic E-state index is 11.9. The summed E-state index contributed by atoms with van der Waals surface area (Å²) in [6.07, 6.45) is -0.616. The van der Waals surface area contributed by atoms with Crippen LogP contribution in [0.2, 0.25) is 0 Å². The summed E-state index contributed by atoms with van der Waals surface area (Å²) >= 11 is 0. The van der Waals surface area contributed by atoms with E-state index in [1.54, 1.807) is 0 Å². The molecule has 0 spiro atoms. The first kappa shape index (κ1) is 17.0.